The average Bonchev–Trinajstić information content (AvgIpc) is 3.26. The van der Waals surface area contributed by atoms with Crippen LogP contribution in [0, 0.1) is 7.14 Å². The number of rotatable bonds is 4. The molecule has 1 unspecified atom stereocenters. The van der Waals surface area contributed by atoms with E-state index in [0.717, 1.165) is 31.6 Å². The molecule has 1 atom stereocenters. The Morgan fingerprint density at radius 2 is 1.53 bits per heavy atom. The van der Waals surface area contributed by atoms with Gasteiger partial charge in [0.1, 0.15) is 0 Å². The molecular weight excluding hydrogens is 562 g/mol. The molecule has 4 aromatic carbocycles. The number of fused-ring (bicyclic) bond motifs is 6. The fourth-order valence-electron chi connectivity index (χ4n) is 4.61. The molecule has 2 aliphatic heterocycles. The SMILES string of the molecule is COc1ccc2c(c1)-c1c(OC)c(P3(=O)Oc4ccccc4-c4ccccc43)cc(OC)c1[I-]2. The van der Waals surface area contributed by atoms with Gasteiger partial charge in [-0.3, -0.25) is 0 Å². The van der Waals surface area contributed by atoms with Crippen molar-refractivity contribution in [3.8, 4) is 45.3 Å². The van der Waals surface area contributed by atoms with Crippen LogP contribution in [-0.4, -0.2) is 21.3 Å². The first-order valence-corrected chi connectivity index (χ1v) is 14.5. The van der Waals surface area contributed by atoms with Crippen molar-refractivity contribution in [1.82, 2.24) is 0 Å². The van der Waals surface area contributed by atoms with Crippen LogP contribution in [0.3, 0.4) is 0 Å². The molecule has 0 N–H and O–H groups in total. The van der Waals surface area contributed by atoms with Crippen molar-refractivity contribution < 1.29 is 44.5 Å². The van der Waals surface area contributed by atoms with Gasteiger partial charge in [-0.1, -0.05) is 0 Å². The molecule has 0 amide bonds. The van der Waals surface area contributed by atoms with Crippen molar-refractivity contribution in [2.45, 2.75) is 0 Å². The Morgan fingerprint density at radius 3 is 2.29 bits per heavy atom. The molecule has 0 fully saturated rings. The average molecular weight is 583 g/mol. The summed E-state index contributed by atoms with van der Waals surface area (Å²) in [5.41, 5.74) is 3.80. The Hall–Kier alpha value is -2.96. The Labute approximate surface area is 208 Å². The Balaban J connectivity index is 1.67. The second-order valence-electron chi connectivity index (χ2n) is 7.92. The van der Waals surface area contributed by atoms with E-state index in [1.54, 1.807) is 21.3 Å². The third-order valence-corrected chi connectivity index (χ3v) is 11.7. The van der Waals surface area contributed by atoms with Gasteiger partial charge >= 0.3 is 209 Å². The summed E-state index contributed by atoms with van der Waals surface area (Å²) in [6.45, 7) is 0. The number of benzene rings is 4. The van der Waals surface area contributed by atoms with Crippen LogP contribution in [0.5, 0.6) is 23.0 Å². The molecule has 4 aromatic rings. The molecule has 34 heavy (non-hydrogen) atoms. The van der Waals surface area contributed by atoms with Crippen molar-refractivity contribution in [1.29, 1.82) is 0 Å². The zero-order chi connectivity index (χ0) is 23.4. The molecule has 5 nitrogen and oxygen atoms in total. The zero-order valence-electron chi connectivity index (χ0n) is 18.8. The Kier molecular flexibility index (Phi) is 5.12. The van der Waals surface area contributed by atoms with Crippen LogP contribution < -0.4 is 50.5 Å². The Bertz CT molecular complexity index is 1510. The standard InChI is InChI=1S/C27H21IO5P/c1-30-16-12-13-20-19(14-16)25-26(28-20)22(31-2)15-24(27(25)32-3)34(29)23-11-7-5-9-18(23)17-8-4-6-10-21(17)33-34/h4-15H,1-3H3/q-1. The van der Waals surface area contributed by atoms with Gasteiger partial charge in [0, 0.05) is 0 Å². The fourth-order valence-corrected chi connectivity index (χ4v) is 10.2. The maximum absolute atomic E-state index is 14.9. The van der Waals surface area contributed by atoms with E-state index in [0.29, 0.717) is 27.9 Å². The molecule has 0 bridgehead atoms. The van der Waals surface area contributed by atoms with Gasteiger partial charge in [0.25, 0.3) is 0 Å². The van der Waals surface area contributed by atoms with Crippen LogP contribution in [-0.2, 0) is 4.57 Å². The first kappa shape index (κ1) is 21.6. The van der Waals surface area contributed by atoms with Gasteiger partial charge in [0.15, 0.2) is 0 Å². The molecule has 7 heteroatoms. The van der Waals surface area contributed by atoms with E-state index in [2.05, 4.69) is 6.07 Å². The van der Waals surface area contributed by atoms with E-state index in [-0.39, 0.29) is 0 Å². The summed E-state index contributed by atoms with van der Waals surface area (Å²) in [5, 5.41) is 1.17. The molecule has 0 saturated carbocycles. The van der Waals surface area contributed by atoms with Crippen molar-refractivity contribution in [3.63, 3.8) is 0 Å². The molecule has 6 rings (SSSR count). The van der Waals surface area contributed by atoms with Crippen LogP contribution in [0.1, 0.15) is 0 Å². The molecule has 2 heterocycles. The van der Waals surface area contributed by atoms with Gasteiger partial charge in [0.05, 0.1) is 0 Å². The van der Waals surface area contributed by atoms with E-state index < -0.39 is 28.6 Å². The third-order valence-electron chi connectivity index (χ3n) is 6.17. The first-order valence-electron chi connectivity index (χ1n) is 10.7. The number of hydrogen-bond acceptors (Lipinski definition) is 5. The third kappa shape index (κ3) is 3.01. The van der Waals surface area contributed by atoms with E-state index in [1.807, 2.05) is 66.7 Å². The van der Waals surface area contributed by atoms with Gasteiger partial charge in [-0.15, -0.1) is 0 Å². The summed E-state index contributed by atoms with van der Waals surface area (Å²) in [6.07, 6.45) is 0. The van der Waals surface area contributed by atoms with Gasteiger partial charge in [0.2, 0.25) is 0 Å². The molecule has 0 aliphatic carbocycles. The summed E-state index contributed by atoms with van der Waals surface area (Å²) in [7, 11) is 1.36. The molecule has 0 spiro atoms. The van der Waals surface area contributed by atoms with Crippen molar-refractivity contribution in [2.24, 2.45) is 0 Å². The van der Waals surface area contributed by atoms with Crippen molar-refractivity contribution >= 4 is 18.0 Å². The van der Waals surface area contributed by atoms with Gasteiger partial charge in [-0.25, -0.2) is 0 Å². The number of para-hydroxylation sites is 1. The molecule has 0 radical (unpaired) electrons. The maximum atomic E-state index is 14.9. The summed E-state index contributed by atoms with van der Waals surface area (Å²) >= 11 is -0.502. The number of methoxy groups -OCH3 is 3. The quantitative estimate of drug-likeness (QED) is 0.240. The second kappa shape index (κ2) is 8.07. The Morgan fingerprint density at radius 1 is 0.765 bits per heavy atom. The molecule has 2 aliphatic rings. The summed E-state index contributed by atoms with van der Waals surface area (Å²) in [6, 6.07) is 23.4. The molecule has 0 aromatic heterocycles. The zero-order valence-corrected chi connectivity index (χ0v) is 21.8. The molecule has 172 valence electrons. The molecular formula is C27H21IO5P-. The van der Waals surface area contributed by atoms with Crippen LogP contribution in [0.25, 0.3) is 22.3 Å². The monoisotopic (exact) mass is 583 g/mol. The summed E-state index contributed by atoms with van der Waals surface area (Å²) in [4.78, 5) is 0. The van der Waals surface area contributed by atoms with E-state index in [1.165, 1.54) is 3.57 Å². The topological polar surface area (TPSA) is 54.0 Å². The van der Waals surface area contributed by atoms with E-state index >= 15 is 0 Å². The fraction of sp³-hybridized carbons (Fsp3) is 0.111. The second-order valence-corrected chi connectivity index (χ2v) is 12.9. The molecule has 0 saturated heterocycles. The number of halogens is 1. The van der Waals surface area contributed by atoms with E-state index in [9.17, 15) is 4.57 Å². The number of ether oxygens (including phenoxy) is 3. The van der Waals surface area contributed by atoms with Crippen LogP contribution in [0.2, 0.25) is 0 Å². The van der Waals surface area contributed by atoms with Crippen LogP contribution in [0.4, 0.5) is 0 Å². The van der Waals surface area contributed by atoms with Crippen molar-refractivity contribution in [3.05, 3.63) is 79.9 Å². The van der Waals surface area contributed by atoms with Gasteiger partial charge < -0.3 is 0 Å². The first-order chi connectivity index (χ1) is 16.6. The van der Waals surface area contributed by atoms with Crippen LogP contribution >= 0.6 is 7.37 Å². The summed E-state index contributed by atoms with van der Waals surface area (Å²) < 4.78 is 41.0. The predicted molar refractivity (Wildman–Crippen MR) is 128 cm³/mol. The minimum absolute atomic E-state index is 0.502. The summed E-state index contributed by atoms with van der Waals surface area (Å²) in [5.74, 6) is 2.64. The van der Waals surface area contributed by atoms with Crippen LogP contribution in [0.15, 0.2) is 72.8 Å². The van der Waals surface area contributed by atoms with Gasteiger partial charge in [-0.2, -0.15) is 0 Å². The van der Waals surface area contributed by atoms with E-state index in [4.69, 9.17) is 18.7 Å². The van der Waals surface area contributed by atoms with Crippen molar-refractivity contribution in [2.75, 3.05) is 21.3 Å². The van der Waals surface area contributed by atoms with Gasteiger partial charge in [-0.05, 0) is 0 Å². The predicted octanol–water partition coefficient (Wildman–Crippen LogP) is 2.11. The normalized spacial score (nSPS) is 17.3. The number of hydrogen-bond donors (Lipinski definition) is 0. The minimum atomic E-state index is -3.57.